The molecule has 10 heteroatoms. The summed E-state index contributed by atoms with van der Waals surface area (Å²) < 4.78 is 37.7. The van der Waals surface area contributed by atoms with Gasteiger partial charge in [-0.2, -0.15) is 0 Å². The third-order valence-corrected chi connectivity index (χ3v) is 6.84. The highest BCUT2D eigenvalue weighted by atomic mass is 32.2. The Morgan fingerprint density at radius 3 is 2.46 bits per heavy atom. The average Bonchev–Trinajstić information content (AvgIpc) is 3.50. The van der Waals surface area contributed by atoms with Crippen LogP contribution in [0.2, 0.25) is 0 Å². The van der Waals surface area contributed by atoms with Crippen LogP contribution in [-0.4, -0.2) is 31.4 Å². The van der Waals surface area contributed by atoms with E-state index < -0.39 is 10.0 Å². The van der Waals surface area contributed by atoms with Gasteiger partial charge in [0.15, 0.2) is 5.11 Å². The summed E-state index contributed by atoms with van der Waals surface area (Å²) in [6.07, 6.45) is 2.87. The highest BCUT2D eigenvalue weighted by molar-refractivity contribution is 7.92. The Hall–Kier alpha value is -3.89. The van der Waals surface area contributed by atoms with Gasteiger partial charge >= 0.3 is 0 Å². The molecule has 0 saturated carbocycles. The van der Waals surface area contributed by atoms with Gasteiger partial charge in [0.25, 0.3) is 0 Å². The highest BCUT2D eigenvalue weighted by Gasteiger charge is 2.42. The Labute approximate surface area is 221 Å². The first kappa shape index (κ1) is 24.8. The lowest BCUT2D eigenvalue weighted by molar-refractivity contribution is 0.340. The largest absolute Gasteiger partial charge is 0.494 e. The zero-order valence-electron chi connectivity index (χ0n) is 20.3. The number of hydrogen-bond donors (Lipinski definition) is 2. The smallest absolute Gasteiger partial charge is 0.229 e. The summed E-state index contributed by atoms with van der Waals surface area (Å²) in [6.45, 7) is 2.56. The number of rotatable bonds is 8. The van der Waals surface area contributed by atoms with Crippen molar-refractivity contribution in [2.45, 2.75) is 19.0 Å². The van der Waals surface area contributed by atoms with Crippen molar-refractivity contribution in [1.82, 2.24) is 10.3 Å². The first-order valence-corrected chi connectivity index (χ1v) is 14.0. The summed E-state index contributed by atoms with van der Waals surface area (Å²) in [4.78, 5) is 6.54. The van der Waals surface area contributed by atoms with E-state index in [1.807, 2.05) is 78.6 Å². The molecule has 2 aromatic heterocycles. The van der Waals surface area contributed by atoms with Crippen molar-refractivity contribution >= 4 is 38.7 Å². The fourth-order valence-electron chi connectivity index (χ4n) is 4.38. The van der Waals surface area contributed by atoms with Crippen molar-refractivity contribution in [1.29, 1.82) is 0 Å². The topological polar surface area (TPSA) is 96.7 Å². The molecule has 1 fully saturated rings. The molecule has 2 N–H and O–H groups in total. The van der Waals surface area contributed by atoms with Crippen LogP contribution in [0.25, 0.3) is 11.3 Å². The minimum atomic E-state index is -3.38. The van der Waals surface area contributed by atoms with Crippen LogP contribution in [0.5, 0.6) is 5.75 Å². The van der Waals surface area contributed by atoms with E-state index in [4.69, 9.17) is 21.4 Å². The second-order valence-electron chi connectivity index (χ2n) is 8.58. The number of ether oxygens (including phenoxy) is 1. The third-order valence-electron chi connectivity index (χ3n) is 5.91. The lowest BCUT2D eigenvalue weighted by Crippen LogP contribution is -2.29. The fraction of sp³-hybridized carbons (Fsp3) is 0.185. The normalized spacial score (nSPS) is 17.5. The predicted octanol–water partition coefficient (Wildman–Crippen LogP) is 5.29. The number of nitrogens with zero attached hydrogens (tertiary/aromatic N) is 2. The molecule has 190 valence electrons. The van der Waals surface area contributed by atoms with Gasteiger partial charge in [-0.05, 0) is 91.9 Å². The summed E-state index contributed by atoms with van der Waals surface area (Å²) in [5.74, 6) is 2.24. The molecule has 1 saturated heterocycles. The summed E-state index contributed by atoms with van der Waals surface area (Å²) in [7, 11) is -3.38. The van der Waals surface area contributed by atoms with Crippen molar-refractivity contribution in [2.75, 3.05) is 22.5 Å². The van der Waals surface area contributed by atoms with Crippen LogP contribution in [0, 0.1) is 0 Å². The number of aromatic nitrogens is 1. The van der Waals surface area contributed by atoms with Crippen molar-refractivity contribution in [3.63, 3.8) is 0 Å². The van der Waals surface area contributed by atoms with Gasteiger partial charge in [-0.25, -0.2) is 8.42 Å². The predicted molar refractivity (Wildman–Crippen MR) is 148 cm³/mol. The number of pyridine rings is 1. The van der Waals surface area contributed by atoms with Crippen LogP contribution in [0.1, 0.15) is 30.5 Å². The molecule has 0 aliphatic carbocycles. The molecule has 0 unspecified atom stereocenters. The van der Waals surface area contributed by atoms with Gasteiger partial charge in [-0.15, -0.1) is 0 Å². The number of anilines is 2. The van der Waals surface area contributed by atoms with Gasteiger partial charge in [0.05, 0.1) is 24.6 Å². The van der Waals surface area contributed by atoms with Gasteiger partial charge in [0.2, 0.25) is 10.0 Å². The first-order chi connectivity index (χ1) is 17.8. The lowest BCUT2D eigenvalue weighted by Gasteiger charge is -2.26. The van der Waals surface area contributed by atoms with Crippen LogP contribution in [-0.2, 0) is 10.0 Å². The molecule has 3 heterocycles. The molecule has 5 rings (SSSR count). The van der Waals surface area contributed by atoms with E-state index in [9.17, 15) is 8.42 Å². The van der Waals surface area contributed by atoms with E-state index in [1.54, 1.807) is 18.3 Å². The van der Waals surface area contributed by atoms with Crippen LogP contribution in [0.3, 0.4) is 0 Å². The summed E-state index contributed by atoms with van der Waals surface area (Å²) in [6, 6.07) is 23.9. The number of thiocarbonyl (C=S) groups is 1. The van der Waals surface area contributed by atoms with E-state index in [0.717, 1.165) is 34.7 Å². The molecule has 37 heavy (non-hydrogen) atoms. The SMILES string of the molecule is CCOc1ccc(-c2ccc([C@H]3[C@@H](c4ccccn4)NC(=S)N3c3ccc(NS(C)(=O)=O)cc3)o2)cc1. The van der Waals surface area contributed by atoms with E-state index in [-0.39, 0.29) is 12.1 Å². The van der Waals surface area contributed by atoms with Gasteiger partial charge in [0.1, 0.15) is 23.3 Å². The first-order valence-electron chi connectivity index (χ1n) is 11.7. The van der Waals surface area contributed by atoms with Gasteiger partial charge in [-0.1, -0.05) is 6.07 Å². The molecule has 2 aromatic carbocycles. The molecule has 0 bridgehead atoms. The monoisotopic (exact) mass is 534 g/mol. The standard InChI is InChI=1S/C27H26N4O4S2/c1-3-34-21-13-7-18(8-14-21)23-15-16-24(35-23)26-25(22-6-4-5-17-28-22)29-27(36)31(26)20-11-9-19(10-12-20)30-37(2,32)33/h4-17,25-26,30H,3H2,1-2H3,(H,29,36)/t25-,26+/m1/s1. The number of benzene rings is 2. The molecule has 0 radical (unpaired) electrons. The van der Waals surface area contributed by atoms with Gasteiger partial charge in [-0.3, -0.25) is 9.71 Å². The van der Waals surface area contributed by atoms with E-state index in [0.29, 0.717) is 23.2 Å². The average molecular weight is 535 g/mol. The molecule has 8 nitrogen and oxygen atoms in total. The van der Waals surface area contributed by atoms with E-state index in [2.05, 4.69) is 15.0 Å². The zero-order chi connectivity index (χ0) is 26.0. The molecule has 4 aromatic rings. The molecular formula is C27H26N4O4S2. The van der Waals surface area contributed by atoms with E-state index in [1.165, 1.54) is 0 Å². The van der Waals surface area contributed by atoms with Gasteiger partial charge in [0, 0.05) is 23.1 Å². The van der Waals surface area contributed by atoms with Gasteiger partial charge < -0.3 is 19.4 Å². The summed E-state index contributed by atoms with van der Waals surface area (Å²) >= 11 is 5.76. The lowest BCUT2D eigenvalue weighted by atomic mass is 10.0. The summed E-state index contributed by atoms with van der Waals surface area (Å²) in [5.41, 5.74) is 3.02. The quantitative estimate of drug-likeness (QED) is 0.295. The third kappa shape index (κ3) is 5.45. The second kappa shape index (κ2) is 10.2. The molecule has 1 aliphatic rings. The number of sulfonamides is 1. The van der Waals surface area contributed by atoms with Crippen molar-refractivity contribution in [2.24, 2.45) is 0 Å². The molecule has 1 aliphatic heterocycles. The van der Waals surface area contributed by atoms with Crippen LogP contribution < -0.4 is 19.7 Å². The van der Waals surface area contributed by atoms with Crippen LogP contribution >= 0.6 is 12.2 Å². The summed E-state index contributed by atoms with van der Waals surface area (Å²) in [5, 5.41) is 3.91. The Bertz CT molecular complexity index is 1490. The Morgan fingerprint density at radius 2 is 1.81 bits per heavy atom. The minimum Gasteiger partial charge on any atom is -0.494 e. The van der Waals surface area contributed by atoms with Crippen molar-refractivity contribution < 1.29 is 17.6 Å². The molecular weight excluding hydrogens is 508 g/mol. The Morgan fingerprint density at radius 1 is 1.05 bits per heavy atom. The van der Waals surface area contributed by atoms with Crippen LogP contribution in [0.15, 0.2) is 89.5 Å². The fourth-order valence-corrected chi connectivity index (χ4v) is 5.29. The Kier molecular flexibility index (Phi) is 6.86. The van der Waals surface area contributed by atoms with E-state index >= 15 is 0 Å². The minimum absolute atomic E-state index is 0.262. The zero-order valence-corrected chi connectivity index (χ0v) is 21.9. The van der Waals surface area contributed by atoms with Crippen LogP contribution in [0.4, 0.5) is 11.4 Å². The maximum absolute atomic E-state index is 11.6. The van der Waals surface area contributed by atoms with Crippen molar-refractivity contribution in [3.05, 3.63) is 96.5 Å². The highest BCUT2D eigenvalue weighted by Crippen LogP contribution is 2.43. The number of hydrogen-bond acceptors (Lipinski definition) is 6. The maximum Gasteiger partial charge on any atom is 0.229 e. The maximum atomic E-state index is 11.6. The molecule has 0 amide bonds. The number of nitrogens with one attached hydrogen (secondary N) is 2. The number of furan rings is 1. The van der Waals surface area contributed by atoms with Crippen molar-refractivity contribution in [3.8, 4) is 17.1 Å². The second-order valence-corrected chi connectivity index (χ2v) is 10.7. The molecule has 2 atom stereocenters. The molecule has 0 spiro atoms. The Balaban J connectivity index is 1.51.